The van der Waals surface area contributed by atoms with Gasteiger partial charge in [0.2, 0.25) is 0 Å². The predicted molar refractivity (Wildman–Crippen MR) is 241 cm³/mol. The van der Waals surface area contributed by atoms with Gasteiger partial charge in [-0.2, -0.15) is 0 Å². The third-order valence-electron chi connectivity index (χ3n) is 9.97. The van der Waals surface area contributed by atoms with Gasteiger partial charge in [0.25, 0.3) is 31.4 Å². The van der Waals surface area contributed by atoms with E-state index in [4.69, 9.17) is 9.47 Å². The second kappa shape index (κ2) is 21.4. The Labute approximate surface area is 370 Å². The Morgan fingerprint density at radius 2 is 0.859 bits per heavy atom. The van der Waals surface area contributed by atoms with Gasteiger partial charge in [-0.1, -0.05) is 59.7 Å². The van der Waals surface area contributed by atoms with Crippen molar-refractivity contribution in [3.63, 3.8) is 0 Å². The number of alkyl halides is 2. The second-order valence-electron chi connectivity index (χ2n) is 14.4. The molecule has 0 amide bonds. The lowest BCUT2D eigenvalue weighted by Crippen LogP contribution is -2.32. The van der Waals surface area contributed by atoms with E-state index in [0.717, 1.165) is 44.0 Å². The summed E-state index contributed by atoms with van der Waals surface area (Å²) >= 11 is 0. The van der Waals surface area contributed by atoms with Crippen LogP contribution in [-0.2, 0) is 20.0 Å². The highest BCUT2D eigenvalue weighted by Gasteiger charge is 2.29. The van der Waals surface area contributed by atoms with Crippen molar-refractivity contribution in [3.05, 3.63) is 188 Å². The number of nitro groups is 2. The zero-order chi connectivity index (χ0) is 46.6. The first-order chi connectivity index (χ1) is 30.4. The van der Waals surface area contributed by atoms with Gasteiger partial charge in [-0.25, -0.2) is 25.6 Å². The number of non-ortho nitro benzene ring substituents is 2. The fraction of sp³-hybridized carbons (Fsp3) is 0.217. The van der Waals surface area contributed by atoms with Crippen LogP contribution in [0.25, 0.3) is 0 Å². The first-order valence-electron chi connectivity index (χ1n) is 19.7. The van der Waals surface area contributed by atoms with E-state index in [1.54, 1.807) is 84.9 Å². The summed E-state index contributed by atoms with van der Waals surface area (Å²) in [5.41, 5.74) is 3.01. The summed E-state index contributed by atoms with van der Waals surface area (Å²) in [4.78, 5) is 20.4. The second-order valence-corrected chi connectivity index (χ2v) is 18.1. The molecule has 0 saturated carbocycles. The van der Waals surface area contributed by atoms with E-state index in [0.29, 0.717) is 34.0 Å². The van der Waals surface area contributed by atoms with Gasteiger partial charge in [0.15, 0.2) is 0 Å². The predicted octanol–water partition coefficient (Wildman–Crippen LogP) is 10.4. The average molecular weight is 917 g/mol. The van der Waals surface area contributed by atoms with Crippen LogP contribution in [0.15, 0.2) is 155 Å². The summed E-state index contributed by atoms with van der Waals surface area (Å²) in [5.74, 6) is 1.09. The fourth-order valence-electron chi connectivity index (χ4n) is 6.53. The van der Waals surface area contributed by atoms with Crippen LogP contribution >= 0.6 is 0 Å². The Bertz CT molecular complexity index is 2550. The Kier molecular flexibility index (Phi) is 16.1. The number of aryl methyl sites for hydroxylation is 2. The maximum atomic E-state index is 14.9. The highest BCUT2D eigenvalue weighted by atomic mass is 32.2. The number of benzene rings is 6. The number of nitro benzene ring substituents is 2. The van der Waals surface area contributed by atoms with Crippen molar-refractivity contribution >= 4 is 42.8 Å². The monoisotopic (exact) mass is 916 g/mol. The summed E-state index contributed by atoms with van der Waals surface area (Å²) in [6.07, 6.45) is -2.85. The normalized spacial score (nSPS) is 12.2. The van der Waals surface area contributed by atoms with Crippen LogP contribution in [-0.4, -0.2) is 54.0 Å². The van der Waals surface area contributed by atoms with Crippen LogP contribution in [0.5, 0.6) is 11.5 Å². The SMILES string of the molecule is COc1ccc(N(CC[C@@H](F)c2cccc(C)c2)S(=O)(=O)c2ccc([N+](=O)[O-])cc2)cc1.COc1ccc(N(CC[C@@H](F)c2cccc(C)c2)S(=O)(=O)c2ccc([N+](=O)[O-])cc2)cc1. The number of sulfonamides is 2. The standard InChI is InChI=1S/2C23H23FN2O5S/c2*1-17-4-3-5-18(16-17)23(24)14-15-25(19-6-10-21(31-2)11-7-19)32(29,30)22-12-8-20(9-13-22)26(27)28/h2*3-13,16,23H,14-15H2,1-2H3/t2*23-/m11/s1. The van der Waals surface area contributed by atoms with Crippen molar-refractivity contribution < 1.29 is 44.9 Å². The summed E-state index contributed by atoms with van der Waals surface area (Å²) in [6, 6.07) is 36.0. The molecular formula is C46H46F2N4O10S2. The molecule has 14 nitrogen and oxygen atoms in total. The summed E-state index contributed by atoms with van der Waals surface area (Å²) in [5, 5.41) is 21.8. The van der Waals surface area contributed by atoms with Crippen LogP contribution in [0.3, 0.4) is 0 Å². The number of hydrogen-bond donors (Lipinski definition) is 0. The Hall–Kier alpha value is -6.92. The van der Waals surface area contributed by atoms with Gasteiger partial charge in [-0.05, 0) is 97.8 Å². The maximum absolute atomic E-state index is 14.9. The van der Waals surface area contributed by atoms with Gasteiger partial charge in [-0.15, -0.1) is 0 Å². The van der Waals surface area contributed by atoms with E-state index in [1.807, 2.05) is 26.0 Å². The highest BCUT2D eigenvalue weighted by Crippen LogP contribution is 2.32. The molecule has 0 radical (unpaired) electrons. The van der Waals surface area contributed by atoms with Crippen molar-refractivity contribution in [3.8, 4) is 11.5 Å². The first-order valence-corrected chi connectivity index (χ1v) is 22.6. The van der Waals surface area contributed by atoms with Crippen molar-refractivity contribution in [2.75, 3.05) is 35.9 Å². The van der Waals surface area contributed by atoms with Crippen LogP contribution < -0.4 is 18.1 Å². The van der Waals surface area contributed by atoms with Gasteiger partial charge in [0.05, 0.1) is 45.2 Å². The smallest absolute Gasteiger partial charge is 0.269 e. The molecule has 0 fully saturated rings. The number of halogens is 2. The van der Waals surface area contributed by atoms with Crippen LogP contribution in [0.4, 0.5) is 31.5 Å². The molecule has 0 unspecified atom stereocenters. The van der Waals surface area contributed by atoms with Gasteiger partial charge in [-0.3, -0.25) is 28.8 Å². The largest absolute Gasteiger partial charge is 0.497 e. The molecule has 18 heteroatoms. The zero-order valence-electron chi connectivity index (χ0n) is 35.3. The minimum atomic E-state index is -4.10. The van der Waals surface area contributed by atoms with Gasteiger partial charge >= 0.3 is 0 Å². The number of hydrogen-bond acceptors (Lipinski definition) is 10. The Balaban J connectivity index is 0.000000241. The lowest BCUT2D eigenvalue weighted by atomic mass is 10.1. The maximum Gasteiger partial charge on any atom is 0.269 e. The van der Waals surface area contributed by atoms with Crippen LogP contribution in [0.1, 0.15) is 47.4 Å². The van der Waals surface area contributed by atoms with E-state index in [-0.39, 0.29) is 47.1 Å². The molecule has 0 aliphatic rings. The summed E-state index contributed by atoms with van der Waals surface area (Å²) < 4.78 is 95.8. The van der Waals surface area contributed by atoms with Gasteiger partial charge in [0.1, 0.15) is 23.8 Å². The molecule has 0 N–H and O–H groups in total. The molecule has 0 saturated heterocycles. The fourth-order valence-corrected chi connectivity index (χ4v) is 9.49. The molecule has 6 aromatic rings. The number of methoxy groups -OCH3 is 2. The van der Waals surface area contributed by atoms with E-state index in [1.165, 1.54) is 38.5 Å². The van der Waals surface area contributed by atoms with Crippen LogP contribution in [0, 0.1) is 34.1 Å². The third kappa shape index (κ3) is 12.2. The molecule has 336 valence electrons. The molecule has 0 heterocycles. The molecule has 6 rings (SSSR count). The van der Waals surface area contributed by atoms with Crippen LogP contribution in [0.2, 0.25) is 0 Å². The molecule has 0 aromatic heterocycles. The van der Waals surface area contributed by atoms with Crippen molar-refractivity contribution in [2.24, 2.45) is 0 Å². The van der Waals surface area contributed by atoms with Crippen molar-refractivity contribution in [1.29, 1.82) is 0 Å². The molecule has 0 aliphatic carbocycles. The molecule has 0 spiro atoms. The van der Waals surface area contributed by atoms with Crippen molar-refractivity contribution in [1.82, 2.24) is 0 Å². The lowest BCUT2D eigenvalue weighted by molar-refractivity contribution is -0.385. The molecule has 64 heavy (non-hydrogen) atoms. The summed E-state index contributed by atoms with van der Waals surface area (Å²) in [7, 11) is -5.21. The van der Waals surface area contributed by atoms with Crippen molar-refractivity contribution in [2.45, 2.75) is 48.8 Å². The number of nitrogens with zero attached hydrogens (tertiary/aromatic N) is 4. The molecule has 2 atom stereocenters. The highest BCUT2D eigenvalue weighted by molar-refractivity contribution is 7.93. The molecule has 6 aromatic carbocycles. The minimum absolute atomic E-state index is 0.0678. The lowest BCUT2D eigenvalue weighted by Gasteiger charge is -2.25. The van der Waals surface area contributed by atoms with E-state index in [2.05, 4.69) is 0 Å². The minimum Gasteiger partial charge on any atom is -0.497 e. The molecule has 0 bridgehead atoms. The molecule has 0 aliphatic heterocycles. The molecular weight excluding hydrogens is 871 g/mol. The third-order valence-corrected chi connectivity index (χ3v) is 13.7. The Morgan fingerprint density at radius 3 is 1.14 bits per heavy atom. The van der Waals surface area contributed by atoms with Gasteiger partial charge < -0.3 is 9.47 Å². The number of ether oxygens (including phenoxy) is 2. The number of anilines is 2. The van der Waals surface area contributed by atoms with Gasteiger partial charge in [0, 0.05) is 50.2 Å². The quantitative estimate of drug-likeness (QED) is 0.0595. The van der Waals surface area contributed by atoms with E-state index >= 15 is 0 Å². The van der Waals surface area contributed by atoms with E-state index < -0.39 is 42.2 Å². The Morgan fingerprint density at radius 1 is 0.531 bits per heavy atom. The summed E-state index contributed by atoms with van der Waals surface area (Å²) in [6.45, 7) is 3.47. The first kappa shape index (κ1) is 48.1. The average Bonchev–Trinajstić information content (AvgIpc) is 3.29. The zero-order valence-corrected chi connectivity index (χ0v) is 36.9. The van der Waals surface area contributed by atoms with E-state index in [9.17, 15) is 45.8 Å². The topological polar surface area (TPSA) is 179 Å². The number of rotatable bonds is 18.